The summed E-state index contributed by atoms with van der Waals surface area (Å²) in [6.45, 7) is 3.20. The molecule has 5 heteroatoms. The summed E-state index contributed by atoms with van der Waals surface area (Å²) in [4.78, 5) is 6.62. The fourth-order valence-corrected chi connectivity index (χ4v) is 2.14. The zero-order chi connectivity index (χ0) is 11.4. The normalized spacial score (nSPS) is 23.2. The van der Waals surface area contributed by atoms with Gasteiger partial charge in [0.1, 0.15) is 6.33 Å². The summed E-state index contributed by atoms with van der Waals surface area (Å²) in [6, 6.07) is 0.619. The van der Waals surface area contributed by atoms with Crippen LogP contribution in [-0.2, 0) is 13.6 Å². The smallest absolute Gasteiger partial charge is 0.164 e. The Bertz CT molecular complexity index is 322. The Labute approximate surface area is 96.8 Å². The lowest BCUT2D eigenvalue weighted by Crippen LogP contribution is -2.30. The first-order valence-corrected chi connectivity index (χ1v) is 6.00. The number of likely N-dealkylation sites (tertiary alicyclic amines) is 1. The number of nitrogens with zero attached hydrogens (tertiary/aromatic N) is 4. The van der Waals surface area contributed by atoms with E-state index in [1.807, 2.05) is 7.05 Å². The fraction of sp³-hybridized carbons (Fsp3) is 0.818. The Morgan fingerprint density at radius 1 is 1.38 bits per heavy atom. The van der Waals surface area contributed by atoms with Crippen LogP contribution >= 0.6 is 0 Å². The van der Waals surface area contributed by atoms with E-state index in [0.717, 1.165) is 12.4 Å². The highest BCUT2D eigenvalue weighted by atomic mass is 15.3. The van der Waals surface area contributed by atoms with E-state index >= 15 is 0 Å². The Morgan fingerprint density at radius 2 is 2.25 bits per heavy atom. The molecule has 90 valence electrons. The molecule has 0 radical (unpaired) electrons. The summed E-state index contributed by atoms with van der Waals surface area (Å²) >= 11 is 0. The van der Waals surface area contributed by atoms with Gasteiger partial charge in [-0.1, -0.05) is 0 Å². The Balaban J connectivity index is 1.77. The maximum Gasteiger partial charge on any atom is 0.164 e. The molecule has 1 fully saturated rings. The van der Waals surface area contributed by atoms with Crippen LogP contribution in [0.1, 0.15) is 25.1 Å². The highest BCUT2D eigenvalue weighted by Gasteiger charge is 2.14. The molecular weight excluding hydrogens is 202 g/mol. The highest BCUT2D eigenvalue weighted by molar-refractivity contribution is 4.82. The van der Waals surface area contributed by atoms with Crippen LogP contribution < -0.4 is 5.32 Å². The summed E-state index contributed by atoms with van der Waals surface area (Å²) < 4.78 is 1.75. The molecule has 0 spiro atoms. The minimum absolute atomic E-state index is 0.619. The van der Waals surface area contributed by atoms with E-state index < -0.39 is 0 Å². The molecule has 0 aliphatic carbocycles. The first-order chi connectivity index (χ1) is 7.74. The van der Waals surface area contributed by atoms with Crippen molar-refractivity contribution in [2.45, 2.75) is 31.8 Å². The van der Waals surface area contributed by atoms with Crippen LogP contribution in [-0.4, -0.2) is 45.8 Å². The van der Waals surface area contributed by atoms with Crippen molar-refractivity contribution in [2.24, 2.45) is 7.05 Å². The average Bonchev–Trinajstić information content (AvgIpc) is 2.56. The number of aromatic nitrogens is 3. The Hall–Kier alpha value is -0.940. The zero-order valence-corrected chi connectivity index (χ0v) is 10.2. The van der Waals surface area contributed by atoms with Gasteiger partial charge in [-0.25, -0.2) is 4.98 Å². The van der Waals surface area contributed by atoms with Crippen molar-refractivity contribution in [3.8, 4) is 0 Å². The van der Waals surface area contributed by atoms with E-state index in [-0.39, 0.29) is 0 Å². The van der Waals surface area contributed by atoms with Crippen molar-refractivity contribution in [1.29, 1.82) is 0 Å². The average molecular weight is 223 g/mol. The number of aryl methyl sites for hydroxylation is 1. The van der Waals surface area contributed by atoms with Crippen LogP contribution in [0.3, 0.4) is 0 Å². The number of rotatable bonds is 3. The van der Waals surface area contributed by atoms with E-state index in [1.54, 1.807) is 11.0 Å². The Kier molecular flexibility index (Phi) is 3.90. The van der Waals surface area contributed by atoms with Gasteiger partial charge in [-0.15, -0.1) is 0 Å². The first kappa shape index (κ1) is 11.5. The lowest BCUT2D eigenvalue weighted by molar-refractivity contribution is 0.343. The van der Waals surface area contributed by atoms with Gasteiger partial charge in [-0.05, 0) is 39.4 Å². The maximum atomic E-state index is 4.27. The van der Waals surface area contributed by atoms with Gasteiger partial charge in [-0.2, -0.15) is 5.10 Å². The molecule has 1 aromatic rings. The summed E-state index contributed by atoms with van der Waals surface area (Å²) in [7, 11) is 4.10. The van der Waals surface area contributed by atoms with Gasteiger partial charge in [0, 0.05) is 13.1 Å². The fourth-order valence-electron chi connectivity index (χ4n) is 2.14. The standard InChI is InChI=1S/C11H21N5/c1-15-6-3-4-10(5-7-15)12-8-11-13-9-16(2)14-11/h9-10,12H,3-8H2,1-2H3. The molecule has 16 heavy (non-hydrogen) atoms. The maximum absolute atomic E-state index is 4.27. The first-order valence-electron chi connectivity index (χ1n) is 6.00. The summed E-state index contributed by atoms with van der Waals surface area (Å²) in [5.41, 5.74) is 0. The molecule has 1 unspecified atom stereocenters. The molecule has 1 atom stereocenters. The van der Waals surface area contributed by atoms with Crippen molar-refractivity contribution in [3.05, 3.63) is 12.2 Å². The lowest BCUT2D eigenvalue weighted by Gasteiger charge is -2.15. The van der Waals surface area contributed by atoms with Gasteiger partial charge >= 0.3 is 0 Å². The third kappa shape index (κ3) is 3.28. The van der Waals surface area contributed by atoms with Gasteiger partial charge in [0.05, 0.1) is 6.54 Å². The summed E-state index contributed by atoms with van der Waals surface area (Å²) in [6.07, 6.45) is 5.52. The lowest BCUT2D eigenvalue weighted by atomic mass is 10.1. The second-order valence-corrected chi connectivity index (χ2v) is 4.65. The van der Waals surface area contributed by atoms with Crippen molar-refractivity contribution in [2.75, 3.05) is 20.1 Å². The number of nitrogens with one attached hydrogen (secondary N) is 1. The number of hydrogen-bond acceptors (Lipinski definition) is 4. The monoisotopic (exact) mass is 223 g/mol. The van der Waals surface area contributed by atoms with E-state index in [0.29, 0.717) is 6.04 Å². The molecule has 2 rings (SSSR count). The molecule has 0 bridgehead atoms. The minimum Gasteiger partial charge on any atom is -0.307 e. The Morgan fingerprint density at radius 3 is 3.00 bits per heavy atom. The van der Waals surface area contributed by atoms with Crippen LogP contribution in [0.2, 0.25) is 0 Å². The predicted octanol–water partition coefficient (Wildman–Crippen LogP) is 0.389. The molecule has 1 aliphatic heterocycles. The molecule has 5 nitrogen and oxygen atoms in total. The summed E-state index contributed by atoms with van der Waals surface area (Å²) in [5, 5.41) is 7.81. The van der Waals surface area contributed by atoms with Gasteiger partial charge in [0.25, 0.3) is 0 Å². The minimum atomic E-state index is 0.619. The van der Waals surface area contributed by atoms with Crippen LogP contribution in [0.25, 0.3) is 0 Å². The zero-order valence-electron chi connectivity index (χ0n) is 10.2. The topological polar surface area (TPSA) is 46.0 Å². The molecular formula is C11H21N5. The van der Waals surface area contributed by atoms with Crippen molar-refractivity contribution in [1.82, 2.24) is 25.0 Å². The molecule has 1 aromatic heterocycles. The second-order valence-electron chi connectivity index (χ2n) is 4.65. The quantitative estimate of drug-likeness (QED) is 0.805. The summed E-state index contributed by atoms with van der Waals surface area (Å²) in [5.74, 6) is 0.889. The number of hydrogen-bond donors (Lipinski definition) is 1. The molecule has 0 aromatic carbocycles. The molecule has 0 amide bonds. The van der Waals surface area contributed by atoms with Gasteiger partial charge in [-0.3, -0.25) is 4.68 Å². The van der Waals surface area contributed by atoms with Crippen molar-refractivity contribution < 1.29 is 0 Å². The predicted molar refractivity (Wildman–Crippen MR) is 63.0 cm³/mol. The van der Waals surface area contributed by atoms with Crippen LogP contribution in [0.4, 0.5) is 0 Å². The van der Waals surface area contributed by atoms with E-state index in [2.05, 4.69) is 27.3 Å². The van der Waals surface area contributed by atoms with Crippen molar-refractivity contribution in [3.63, 3.8) is 0 Å². The molecule has 1 saturated heterocycles. The van der Waals surface area contributed by atoms with Crippen LogP contribution in [0, 0.1) is 0 Å². The van der Waals surface area contributed by atoms with Gasteiger partial charge in [0.2, 0.25) is 0 Å². The van der Waals surface area contributed by atoms with Crippen LogP contribution in [0.15, 0.2) is 6.33 Å². The second kappa shape index (κ2) is 5.41. The van der Waals surface area contributed by atoms with Gasteiger partial charge in [0.15, 0.2) is 5.82 Å². The van der Waals surface area contributed by atoms with E-state index in [4.69, 9.17) is 0 Å². The highest BCUT2D eigenvalue weighted by Crippen LogP contribution is 2.09. The molecule has 0 saturated carbocycles. The van der Waals surface area contributed by atoms with Crippen LogP contribution in [0.5, 0.6) is 0 Å². The van der Waals surface area contributed by atoms with Crippen molar-refractivity contribution >= 4 is 0 Å². The third-order valence-electron chi connectivity index (χ3n) is 3.15. The van der Waals surface area contributed by atoms with Gasteiger partial charge < -0.3 is 10.2 Å². The molecule has 1 aliphatic rings. The molecule has 1 N–H and O–H groups in total. The van der Waals surface area contributed by atoms with E-state index in [9.17, 15) is 0 Å². The molecule has 2 heterocycles. The van der Waals surface area contributed by atoms with E-state index in [1.165, 1.54) is 32.4 Å². The third-order valence-corrected chi connectivity index (χ3v) is 3.15. The largest absolute Gasteiger partial charge is 0.307 e. The SMILES string of the molecule is CN1CCCC(NCc2ncn(C)n2)CC1.